The zero-order chi connectivity index (χ0) is 15.4. The highest BCUT2D eigenvalue weighted by atomic mass is 79.9. The SMILES string of the molecule is CNC(Cc1ccc(OC)c(Br)c1)c1ccc(F)c(Br)c1. The van der Waals surface area contributed by atoms with Gasteiger partial charge in [0.05, 0.1) is 16.1 Å². The summed E-state index contributed by atoms with van der Waals surface area (Å²) in [5, 5.41) is 3.27. The minimum absolute atomic E-state index is 0.113. The van der Waals surface area contributed by atoms with Crippen LogP contribution >= 0.6 is 31.9 Å². The number of hydrogen-bond acceptors (Lipinski definition) is 2. The molecule has 21 heavy (non-hydrogen) atoms. The molecule has 1 N–H and O–H groups in total. The fraction of sp³-hybridized carbons (Fsp3) is 0.250. The van der Waals surface area contributed by atoms with Crippen molar-refractivity contribution in [3.05, 3.63) is 62.3 Å². The Bertz CT molecular complexity index is 634. The third-order valence-corrected chi connectivity index (χ3v) is 4.58. The summed E-state index contributed by atoms with van der Waals surface area (Å²) in [4.78, 5) is 0. The van der Waals surface area contributed by atoms with Gasteiger partial charge in [-0.2, -0.15) is 0 Å². The van der Waals surface area contributed by atoms with E-state index in [1.54, 1.807) is 13.2 Å². The van der Waals surface area contributed by atoms with Gasteiger partial charge in [0.15, 0.2) is 0 Å². The Morgan fingerprint density at radius 3 is 2.48 bits per heavy atom. The van der Waals surface area contributed by atoms with Crippen molar-refractivity contribution in [1.82, 2.24) is 5.32 Å². The maximum Gasteiger partial charge on any atom is 0.137 e. The number of rotatable bonds is 5. The number of nitrogens with one attached hydrogen (secondary N) is 1. The molecule has 0 saturated heterocycles. The molecule has 5 heteroatoms. The molecule has 0 aliphatic carbocycles. The van der Waals surface area contributed by atoms with Crippen LogP contribution < -0.4 is 10.1 Å². The molecule has 0 fully saturated rings. The van der Waals surface area contributed by atoms with Crippen LogP contribution in [0.4, 0.5) is 4.39 Å². The summed E-state index contributed by atoms with van der Waals surface area (Å²) in [7, 11) is 3.55. The predicted molar refractivity (Wildman–Crippen MR) is 90.3 cm³/mol. The molecule has 0 spiro atoms. The van der Waals surface area contributed by atoms with Crippen LogP contribution in [-0.4, -0.2) is 14.2 Å². The maximum atomic E-state index is 13.3. The van der Waals surface area contributed by atoms with E-state index in [0.717, 1.165) is 22.2 Å². The highest BCUT2D eigenvalue weighted by Gasteiger charge is 2.13. The third-order valence-electron chi connectivity index (χ3n) is 3.35. The highest BCUT2D eigenvalue weighted by molar-refractivity contribution is 9.10. The predicted octanol–water partition coefficient (Wildman–Crippen LogP) is 4.86. The lowest BCUT2D eigenvalue weighted by Gasteiger charge is -2.18. The van der Waals surface area contributed by atoms with Gasteiger partial charge < -0.3 is 10.1 Å². The Hall–Kier alpha value is -0.910. The second kappa shape index (κ2) is 7.38. The third kappa shape index (κ3) is 4.05. The first kappa shape index (κ1) is 16.5. The maximum absolute atomic E-state index is 13.3. The standard InChI is InChI=1S/C16H16Br2FNO/c1-20-15(11-4-5-14(19)12(17)9-11)8-10-3-6-16(21-2)13(18)7-10/h3-7,9,15,20H,8H2,1-2H3. The first-order chi connectivity index (χ1) is 10.0. The molecule has 2 rings (SSSR count). The lowest BCUT2D eigenvalue weighted by atomic mass is 9.99. The molecular weight excluding hydrogens is 401 g/mol. The Morgan fingerprint density at radius 1 is 1.14 bits per heavy atom. The first-order valence-electron chi connectivity index (χ1n) is 6.49. The zero-order valence-electron chi connectivity index (χ0n) is 11.8. The minimum Gasteiger partial charge on any atom is -0.496 e. The average molecular weight is 417 g/mol. The fourth-order valence-corrected chi connectivity index (χ4v) is 3.17. The van der Waals surface area contributed by atoms with Crippen molar-refractivity contribution in [2.75, 3.05) is 14.2 Å². The van der Waals surface area contributed by atoms with Gasteiger partial charge in [0, 0.05) is 6.04 Å². The number of ether oxygens (including phenoxy) is 1. The summed E-state index contributed by atoms with van der Waals surface area (Å²) in [6.07, 6.45) is 0.803. The number of halogens is 3. The van der Waals surface area contributed by atoms with Crippen LogP contribution in [0.3, 0.4) is 0 Å². The molecule has 2 nitrogen and oxygen atoms in total. The van der Waals surface area contributed by atoms with Crippen LogP contribution in [0.5, 0.6) is 5.75 Å². The topological polar surface area (TPSA) is 21.3 Å². The van der Waals surface area contributed by atoms with E-state index >= 15 is 0 Å². The molecule has 1 unspecified atom stereocenters. The largest absolute Gasteiger partial charge is 0.496 e. The van der Waals surface area contributed by atoms with E-state index < -0.39 is 0 Å². The number of likely N-dealkylation sites (N-methyl/N-ethyl adjacent to an activating group) is 1. The summed E-state index contributed by atoms with van der Waals surface area (Å²) >= 11 is 6.73. The van der Waals surface area contributed by atoms with Crippen LogP contribution in [0.2, 0.25) is 0 Å². The van der Waals surface area contributed by atoms with Crippen molar-refractivity contribution in [1.29, 1.82) is 0 Å². The van der Waals surface area contributed by atoms with E-state index in [1.165, 1.54) is 11.6 Å². The molecule has 0 bridgehead atoms. The molecule has 2 aromatic rings. The van der Waals surface area contributed by atoms with E-state index in [9.17, 15) is 4.39 Å². The number of hydrogen-bond donors (Lipinski definition) is 1. The second-order valence-electron chi connectivity index (χ2n) is 4.69. The number of methoxy groups -OCH3 is 1. The van der Waals surface area contributed by atoms with Gasteiger partial charge in [-0.15, -0.1) is 0 Å². The smallest absolute Gasteiger partial charge is 0.137 e. The van der Waals surface area contributed by atoms with Crippen LogP contribution in [0, 0.1) is 5.82 Å². The van der Waals surface area contributed by atoms with E-state index in [4.69, 9.17) is 4.74 Å². The molecule has 0 heterocycles. The van der Waals surface area contributed by atoms with Crippen molar-refractivity contribution in [3.63, 3.8) is 0 Å². The first-order valence-corrected chi connectivity index (χ1v) is 8.08. The van der Waals surface area contributed by atoms with Crippen LogP contribution in [0.1, 0.15) is 17.2 Å². The molecule has 0 aliphatic heterocycles. The van der Waals surface area contributed by atoms with Gasteiger partial charge >= 0.3 is 0 Å². The lowest BCUT2D eigenvalue weighted by Crippen LogP contribution is -2.19. The molecule has 0 radical (unpaired) electrons. The molecule has 1 atom stereocenters. The summed E-state index contributed by atoms with van der Waals surface area (Å²) in [6.45, 7) is 0. The van der Waals surface area contributed by atoms with Gasteiger partial charge in [-0.05, 0) is 80.7 Å². The van der Waals surface area contributed by atoms with E-state index in [2.05, 4.69) is 37.2 Å². The van der Waals surface area contributed by atoms with Crippen LogP contribution in [0.25, 0.3) is 0 Å². The van der Waals surface area contributed by atoms with E-state index in [-0.39, 0.29) is 11.9 Å². The van der Waals surface area contributed by atoms with Crippen molar-refractivity contribution in [2.24, 2.45) is 0 Å². The Labute approximate surface area is 141 Å². The summed E-state index contributed by atoms with van der Waals surface area (Å²) in [5.74, 6) is 0.560. The molecule has 0 aliphatic rings. The Morgan fingerprint density at radius 2 is 1.90 bits per heavy atom. The summed E-state index contributed by atoms with van der Waals surface area (Å²) in [5.41, 5.74) is 2.21. The summed E-state index contributed by atoms with van der Waals surface area (Å²) < 4.78 is 20.0. The van der Waals surface area contributed by atoms with Crippen molar-refractivity contribution in [3.8, 4) is 5.75 Å². The molecule has 0 amide bonds. The van der Waals surface area contributed by atoms with Gasteiger partial charge in [-0.1, -0.05) is 12.1 Å². The van der Waals surface area contributed by atoms with Gasteiger partial charge in [-0.25, -0.2) is 4.39 Å². The van der Waals surface area contributed by atoms with Gasteiger partial charge in [0.25, 0.3) is 0 Å². The molecule has 112 valence electrons. The Kier molecular flexibility index (Phi) is 5.79. The minimum atomic E-state index is -0.249. The summed E-state index contributed by atoms with van der Waals surface area (Å²) in [6, 6.07) is 11.2. The molecule has 2 aromatic carbocycles. The normalized spacial score (nSPS) is 12.2. The highest BCUT2D eigenvalue weighted by Crippen LogP contribution is 2.28. The molecule has 0 aromatic heterocycles. The Balaban J connectivity index is 2.22. The number of benzene rings is 2. The average Bonchev–Trinajstić information content (AvgIpc) is 2.48. The second-order valence-corrected chi connectivity index (χ2v) is 6.40. The lowest BCUT2D eigenvalue weighted by molar-refractivity contribution is 0.412. The molecular formula is C16H16Br2FNO. The van der Waals surface area contributed by atoms with Crippen molar-refractivity contribution >= 4 is 31.9 Å². The fourth-order valence-electron chi connectivity index (χ4n) is 2.19. The quantitative estimate of drug-likeness (QED) is 0.751. The van der Waals surface area contributed by atoms with Crippen LogP contribution in [0.15, 0.2) is 45.3 Å². The monoisotopic (exact) mass is 415 g/mol. The van der Waals surface area contributed by atoms with Crippen molar-refractivity contribution < 1.29 is 9.13 Å². The van der Waals surface area contributed by atoms with Crippen LogP contribution in [-0.2, 0) is 6.42 Å². The van der Waals surface area contributed by atoms with Gasteiger partial charge in [0.2, 0.25) is 0 Å². The van der Waals surface area contributed by atoms with Crippen molar-refractivity contribution in [2.45, 2.75) is 12.5 Å². The van der Waals surface area contributed by atoms with Gasteiger partial charge in [0.1, 0.15) is 11.6 Å². The zero-order valence-corrected chi connectivity index (χ0v) is 15.0. The molecule has 0 saturated carbocycles. The van der Waals surface area contributed by atoms with Gasteiger partial charge in [-0.3, -0.25) is 0 Å². The van der Waals surface area contributed by atoms with E-state index in [1.807, 2.05) is 31.3 Å². The van der Waals surface area contributed by atoms with E-state index in [0.29, 0.717) is 4.47 Å².